The molecule has 126 valence electrons. The molecule has 1 saturated heterocycles. The first-order valence-electron chi connectivity index (χ1n) is 7.99. The molecule has 2 aromatic rings. The van der Waals surface area contributed by atoms with Crippen molar-refractivity contribution in [3.05, 3.63) is 40.9 Å². The summed E-state index contributed by atoms with van der Waals surface area (Å²) in [5.74, 6) is -0.820. The lowest BCUT2D eigenvalue weighted by atomic mass is 10.2. The summed E-state index contributed by atoms with van der Waals surface area (Å²) >= 11 is 0. The second-order valence-electron chi connectivity index (χ2n) is 5.86. The molecule has 1 atom stereocenters. The Morgan fingerprint density at radius 2 is 1.96 bits per heavy atom. The molecule has 1 unspecified atom stereocenters. The summed E-state index contributed by atoms with van der Waals surface area (Å²) in [7, 11) is 0. The first kappa shape index (κ1) is 16.2. The number of aromatic nitrogens is 2. The van der Waals surface area contributed by atoms with Crippen LogP contribution < -0.4 is 5.56 Å². The van der Waals surface area contributed by atoms with E-state index >= 15 is 0 Å². The Morgan fingerprint density at radius 1 is 1.25 bits per heavy atom. The fraction of sp³-hybridized carbons (Fsp3) is 0.412. The average molecular weight is 329 g/mol. The number of esters is 1. The van der Waals surface area contributed by atoms with Crippen molar-refractivity contribution in [1.82, 2.24) is 14.5 Å². The number of fused-ring (bicyclic) bond motifs is 1. The first-order chi connectivity index (χ1) is 11.6. The Kier molecular flexibility index (Phi) is 4.59. The van der Waals surface area contributed by atoms with Crippen LogP contribution in [0.1, 0.15) is 19.8 Å². The average Bonchev–Trinajstić information content (AvgIpc) is 3.11. The monoisotopic (exact) mass is 329 g/mol. The fourth-order valence-electron chi connectivity index (χ4n) is 2.84. The van der Waals surface area contributed by atoms with Crippen LogP contribution >= 0.6 is 0 Å². The van der Waals surface area contributed by atoms with Crippen LogP contribution in [0.2, 0.25) is 0 Å². The smallest absolute Gasteiger partial charge is 0.326 e. The molecule has 7 heteroatoms. The number of hydrogen-bond donors (Lipinski definition) is 0. The zero-order chi connectivity index (χ0) is 17.1. The number of carbonyl (C=O) groups excluding carboxylic acids is 2. The molecule has 1 aliphatic rings. The Bertz CT molecular complexity index is 824. The van der Waals surface area contributed by atoms with Gasteiger partial charge < -0.3 is 9.64 Å². The van der Waals surface area contributed by atoms with E-state index in [9.17, 15) is 14.4 Å². The van der Waals surface area contributed by atoms with Gasteiger partial charge in [0.2, 0.25) is 0 Å². The van der Waals surface area contributed by atoms with E-state index < -0.39 is 12.1 Å². The van der Waals surface area contributed by atoms with E-state index in [1.54, 1.807) is 36.1 Å². The summed E-state index contributed by atoms with van der Waals surface area (Å²) in [6.07, 6.45) is 2.42. The second kappa shape index (κ2) is 6.82. The lowest BCUT2D eigenvalue weighted by Gasteiger charge is -2.20. The first-order valence-corrected chi connectivity index (χ1v) is 7.99. The van der Waals surface area contributed by atoms with Gasteiger partial charge in [0.1, 0.15) is 6.54 Å². The van der Waals surface area contributed by atoms with Crippen molar-refractivity contribution in [3.8, 4) is 0 Å². The molecule has 1 fully saturated rings. The van der Waals surface area contributed by atoms with Crippen LogP contribution in [-0.2, 0) is 20.9 Å². The summed E-state index contributed by atoms with van der Waals surface area (Å²) in [5.41, 5.74) is 0.265. The molecule has 0 N–H and O–H groups in total. The standard InChI is InChI=1S/C17H19N3O4/c1-12(16(22)19-8-4-5-9-19)24-15(21)10-20-11-18-14-7-3-2-6-13(14)17(20)23/h2-3,6-7,11-12H,4-5,8-10H2,1H3. The van der Waals surface area contributed by atoms with Crippen LogP contribution in [0.3, 0.4) is 0 Å². The molecule has 7 nitrogen and oxygen atoms in total. The van der Waals surface area contributed by atoms with Crippen molar-refractivity contribution in [2.45, 2.75) is 32.4 Å². The van der Waals surface area contributed by atoms with Crippen LogP contribution in [-0.4, -0.2) is 45.5 Å². The largest absolute Gasteiger partial charge is 0.451 e. The van der Waals surface area contributed by atoms with Gasteiger partial charge in [0, 0.05) is 13.1 Å². The Morgan fingerprint density at radius 3 is 2.71 bits per heavy atom. The predicted molar refractivity (Wildman–Crippen MR) is 87.4 cm³/mol. The minimum absolute atomic E-state index is 0.190. The highest BCUT2D eigenvalue weighted by atomic mass is 16.5. The topological polar surface area (TPSA) is 81.5 Å². The minimum atomic E-state index is -0.847. The van der Waals surface area contributed by atoms with Gasteiger partial charge in [-0.1, -0.05) is 12.1 Å². The molecular weight excluding hydrogens is 310 g/mol. The van der Waals surface area contributed by atoms with E-state index in [1.165, 1.54) is 10.9 Å². The van der Waals surface area contributed by atoms with Gasteiger partial charge in [-0.05, 0) is 31.9 Å². The van der Waals surface area contributed by atoms with Crippen molar-refractivity contribution >= 4 is 22.8 Å². The lowest BCUT2D eigenvalue weighted by Crippen LogP contribution is -2.39. The highest BCUT2D eigenvalue weighted by Crippen LogP contribution is 2.11. The molecule has 3 rings (SSSR count). The number of para-hydroxylation sites is 1. The van der Waals surface area contributed by atoms with Crippen LogP contribution in [0.25, 0.3) is 10.9 Å². The summed E-state index contributed by atoms with van der Waals surface area (Å²) in [5, 5.41) is 0.439. The second-order valence-corrected chi connectivity index (χ2v) is 5.86. The van der Waals surface area contributed by atoms with Gasteiger partial charge >= 0.3 is 5.97 Å². The zero-order valence-electron chi connectivity index (χ0n) is 13.5. The quantitative estimate of drug-likeness (QED) is 0.780. The number of benzene rings is 1. The van der Waals surface area contributed by atoms with Gasteiger partial charge in [-0.25, -0.2) is 4.98 Å². The van der Waals surface area contributed by atoms with E-state index in [1.807, 2.05) is 0 Å². The summed E-state index contributed by atoms with van der Waals surface area (Å²) in [6, 6.07) is 6.92. The van der Waals surface area contributed by atoms with Crippen molar-refractivity contribution in [2.24, 2.45) is 0 Å². The van der Waals surface area contributed by atoms with E-state index in [-0.39, 0.29) is 18.0 Å². The van der Waals surface area contributed by atoms with Crippen molar-refractivity contribution in [3.63, 3.8) is 0 Å². The third-order valence-electron chi connectivity index (χ3n) is 4.10. The summed E-state index contributed by atoms with van der Waals surface area (Å²) in [4.78, 5) is 42.4. The van der Waals surface area contributed by atoms with E-state index in [0.29, 0.717) is 24.0 Å². The van der Waals surface area contributed by atoms with Crippen LogP contribution in [0.4, 0.5) is 0 Å². The third kappa shape index (κ3) is 3.29. The molecule has 1 aliphatic heterocycles. The van der Waals surface area contributed by atoms with Gasteiger partial charge in [-0.15, -0.1) is 0 Å². The maximum atomic E-state index is 12.3. The summed E-state index contributed by atoms with van der Waals surface area (Å²) in [6.45, 7) is 2.69. The highest BCUT2D eigenvalue weighted by Gasteiger charge is 2.26. The van der Waals surface area contributed by atoms with Gasteiger partial charge in [0.15, 0.2) is 6.10 Å². The molecule has 0 bridgehead atoms. The van der Waals surface area contributed by atoms with Gasteiger partial charge in [-0.2, -0.15) is 0 Å². The Balaban J connectivity index is 1.67. The maximum absolute atomic E-state index is 12.3. The number of nitrogens with zero attached hydrogens (tertiary/aromatic N) is 3. The number of amides is 1. The van der Waals surface area contributed by atoms with E-state index in [4.69, 9.17) is 4.74 Å². The van der Waals surface area contributed by atoms with Gasteiger partial charge in [0.25, 0.3) is 11.5 Å². The zero-order valence-corrected chi connectivity index (χ0v) is 13.5. The van der Waals surface area contributed by atoms with Crippen LogP contribution in [0, 0.1) is 0 Å². The normalized spacial score (nSPS) is 15.5. The molecule has 24 heavy (non-hydrogen) atoms. The van der Waals surface area contributed by atoms with E-state index in [0.717, 1.165) is 12.8 Å². The number of carbonyl (C=O) groups is 2. The highest BCUT2D eigenvalue weighted by molar-refractivity contribution is 5.83. The molecule has 0 aliphatic carbocycles. The van der Waals surface area contributed by atoms with Crippen molar-refractivity contribution in [2.75, 3.05) is 13.1 Å². The molecule has 1 aromatic carbocycles. The maximum Gasteiger partial charge on any atom is 0.326 e. The Hall–Kier alpha value is -2.70. The number of hydrogen-bond acceptors (Lipinski definition) is 5. The third-order valence-corrected chi connectivity index (χ3v) is 4.10. The lowest BCUT2D eigenvalue weighted by molar-refractivity contribution is -0.159. The number of ether oxygens (including phenoxy) is 1. The molecule has 0 spiro atoms. The van der Waals surface area contributed by atoms with Crippen LogP contribution in [0.15, 0.2) is 35.4 Å². The van der Waals surface area contributed by atoms with Gasteiger partial charge in [0.05, 0.1) is 17.2 Å². The van der Waals surface area contributed by atoms with Crippen LogP contribution in [0.5, 0.6) is 0 Å². The molecule has 2 heterocycles. The van der Waals surface area contributed by atoms with Crippen molar-refractivity contribution < 1.29 is 14.3 Å². The SMILES string of the molecule is CC(OC(=O)Cn1cnc2ccccc2c1=O)C(=O)N1CCCC1. The number of likely N-dealkylation sites (tertiary alicyclic amines) is 1. The number of rotatable bonds is 4. The minimum Gasteiger partial charge on any atom is -0.451 e. The molecule has 0 radical (unpaired) electrons. The van der Waals surface area contributed by atoms with Gasteiger partial charge in [-0.3, -0.25) is 19.0 Å². The summed E-state index contributed by atoms with van der Waals surface area (Å²) < 4.78 is 6.37. The molecule has 1 amide bonds. The Labute approximate surface area is 138 Å². The van der Waals surface area contributed by atoms with E-state index in [2.05, 4.69) is 4.98 Å². The molecule has 1 aromatic heterocycles. The predicted octanol–water partition coefficient (Wildman–Crippen LogP) is 0.951. The molecule has 0 saturated carbocycles. The van der Waals surface area contributed by atoms with Crippen molar-refractivity contribution in [1.29, 1.82) is 0 Å². The molecular formula is C17H19N3O4. The fourth-order valence-corrected chi connectivity index (χ4v) is 2.84.